The Labute approximate surface area is 156 Å². The zero-order chi connectivity index (χ0) is 18.9. The van der Waals surface area contributed by atoms with Crippen LogP contribution in [0.1, 0.15) is 10.4 Å². The number of carbonyl (C=O) groups excluding carboxylic acids is 1. The van der Waals surface area contributed by atoms with E-state index in [4.69, 9.17) is 11.6 Å². The summed E-state index contributed by atoms with van der Waals surface area (Å²) in [5.41, 5.74) is 1.31. The normalized spacial score (nSPS) is 11.7. The molecule has 1 heterocycles. The molecule has 1 N–H and O–H groups in total. The van der Waals surface area contributed by atoms with Crippen molar-refractivity contribution in [1.82, 2.24) is 9.29 Å². The highest BCUT2D eigenvalue weighted by atomic mass is 35.5. The first-order valence-electron chi connectivity index (χ1n) is 7.67. The number of hydrogen-bond donors (Lipinski definition) is 1. The standard InChI is InChI=1S/C18H16ClN3O3S/c1-22(2)26(24,25)14-7-8-15(19)17(11-14)21-18(23)13-6-5-12-4-3-9-20-16(12)10-13/h3-11H,1-2H3,(H,21,23). The van der Waals surface area contributed by atoms with Crippen molar-refractivity contribution in [2.75, 3.05) is 19.4 Å². The first-order chi connectivity index (χ1) is 12.3. The number of carbonyl (C=O) groups is 1. The number of nitrogens with one attached hydrogen (secondary N) is 1. The molecule has 3 aromatic rings. The van der Waals surface area contributed by atoms with Crippen molar-refractivity contribution in [1.29, 1.82) is 0 Å². The van der Waals surface area contributed by atoms with Crippen molar-refractivity contribution in [2.45, 2.75) is 4.90 Å². The van der Waals surface area contributed by atoms with Crippen LogP contribution in [0, 0.1) is 0 Å². The summed E-state index contributed by atoms with van der Waals surface area (Å²) >= 11 is 6.12. The average Bonchev–Trinajstić information content (AvgIpc) is 2.62. The first kappa shape index (κ1) is 18.3. The van der Waals surface area contributed by atoms with Gasteiger partial charge in [0.05, 0.1) is 21.1 Å². The highest BCUT2D eigenvalue weighted by Crippen LogP contribution is 2.27. The van der Waals surface area contributed by atoms with Crippen LogP contribution in [-0.4, -0.2) is 37.7 Å². The average molecular weight is 390 g/mol. The second kappa shape index (κ2) is 7.03. The van der Waals surface area contributed by atoms with E-state index in [2.05, 4.69) is 10.3 Å². The summed E-state index contributed by atoms with van der Waals surface area (Å²) in [6.07, 6.45) is 1.65. The maximum atomic E-state index is 12.5. The van der Waals surface area contributed by atoms with Crippen LogP contribution < -0.4 is 5.32 Å². The molecule has 0 saturated heterocycles. The van der Waals surface area contributed by atoms with E-state index in [1.54, 1.807) is 24.4 Å². The van der Waals surface area contributed by atoms with E-state index in [-0.39, 0.29) is 15.6 Å². The van der Waals surface area contributed by atoms with Gasteiger partial charge in [0.1, 0.15) is 0 Å². The monoisotopic (exact) mass is 389 g/mol. The van der Waals surface area contributed by atoms with Crippen LogP contribution in [0.3, 0.4) is 0 Å². The molecule has 1 amide bonds. The Morgan fingerprint density at radius 3 is 2.62 bits per heavy atom. The van der Waals surface area contributed by atoms with Crippen LogP contribution in [-0.2, 0) is 10.0 Å². The Balaban J connectivity index is 1.93. The molecule has 0 unspecified atom stereocenters. The van der Waals surface area contributed by atoms with E-state index in [1.165, 1.54) is 32.3 Å². The number of halogens is 1. The topological polar surface area (TPSA) is 79.4 Å². The minimum Gasteiger partial charge on any atom is -0.321 e. The van der Waals surface area contributed by atoms with Crippen molar-refractivity contribution in [3.63, 3.8) is 0 Å². The van der Waals surface area contributed by atoms with Gasteiger partial charge in [-0.15, -0.1) is 0 Å². The number of sulfonamides is 1. The van der Waals surface area contributed by atoms with Gasteiger partial charge in [-0.2, -0.15) is 0 Å². The third-order valence-electron chi connectivity index (χ3n) is 3.83. The van der Waals surface area contributed by atoms with E-state index in [0.29, 0.717) is 11.1 Å². The second-order valence-electron chi connectivity index (χ2n) is 5.79. The molecule has 0 radical (unpaired) electrons. The van der Waals surface area contributed by atoms with E-state index >= 15 is 0 Å². The molecule has 2 aromatic carbocycles. The predicted octanol–water partition coefficient (Wildman–Crippen LogP) is 3.39. The lowest BCUT2D eigenvalue weighted by Crippen LogP contribution is -2.22. The molecular weight excluding hydrogens is 374 g/mol. The van der Waals surface area contributed by atoms with Gasteiger partial charge in [-0.3, -0.25) is 9.78 Å². The highest BCUT2D eigenvalue weighted by Gasteiger charge is 2.19. The fourth-order valence-electron chi connectivity index (χ4n) is 2.37. The molecule has 0 atom stereocenters. The van der Waals surface area contributed by atoms with Gasteiger partial charge in [-0.05, 0) is 36.4 Å². The molecule has 0 aliphatic heterocycles. The summed E-state index contributed by atoms with van der Waals surface area (Å²) < 4.78 is 25.6. The van der Waals surface area contributed by atoms with E-state index in [0.717, 1.165) is 9.69 Å². The second-order valence-corrected chi connectivity index (χ2v) is 8.35. The molecule has 26 heavy (non-hydrogen) atoms. The Hall–Kier alpha value is -2.48. The predicted molar refractivity (Wildman–Crippen MR) is 102 cm³/mol. The Morgan fingerprint density at radius 2 is 1.88 bits per heavy atom. The van der Waals surface area contributed by atoms with Crippen molar-refractivity contribution in [3.8, 4) is 0 Å². The van der Waals surface area contributed by atoms with Crippen molar-refractivity contribution < 1.29 is 13.2 Å². The summed E-state index contributed by atoms with van der Waals surface area (Å²) in [7, 11) is -0.762. The molecule has 6 nitrogen and oxygen atoms in total. The lowest BCUT2D eigenvalue weighted by molar-refractivity contribution is 0.102. The lowest BCUT2D eigenvalue weighted by Gasteiger charge is -2.14. The molecule has 3 rings (SSSR count). The van der Waals surface area contributed by atoms with Crippen molar-refractivity contribution in [3.05, 3.63) is 65.3 Å². The van der Waals surface area contributed by atoms with Crippen LogP contribution in [0.25, 0.3) is 10.9 Å². The van der Waals surface area contributed by atoms with E-state index in [1.807, 2.05) is 12.1 Å². The Kier molecular flexibility index (Phi) is 4.95. The Morgan fingerprint density at radius 1 is 1.12 bits per heavy atom. The van der Waals surface area contributed by atoms with Gasteiger partial charge in [0.15, 0.2) is 0 Å². The van der Waals surface area contributed by atoms with Gasteiger partial charge >= 0.3 is 0 Å². The number of anilines is 1. The third-order valence-corrected chi connectivity index (χ3v) is 5.97. The van der Waals surface area contributed by atoms with Gasteiger partial charge in [0, 0.05) is 31.2 Å². The molecule has 8 heteroatoms. The smallest absolute Gasteiger partial charge is 0.255 e. The summed E-state index contributed by atoms with van der Waals surface area (Å²) in [6, 6.07) is 13.0. The van der Waals surface area contributed by atoms with E-state index in [9.17, 15) is 13.2 Å². The summed E-state index contributed by atoms with van der Waals surface area (Å²) in [4.78, 5) is 16.8. The maximum Gasteiger partial charge on any atom is 0.255 e. The molecule has 0 bridgehead atoms. The molecule has 0 aliphatic rings. The molecular formula is C18H16ClN3O3S. The molecule has 0 fully saturated rings. The fourth-order valence-corrected chi connectivity index (χ4v) is 3.47. The molecule has 1 aromatic heterocycles. The number of rotatable bonds is 4. The minimum atomic E-state index is -3.63. The van der Waals surface area contributed by atoms with Crippen LogP contribution in [0.5, 0.6) is 0 Å². The quantitative estimate of drug-likeness (QED) is 0.741. The van der Waals surface area contributed by atoms with Crippen LogP contribution in [0.4, 0.5) is 5.69 Å². The van der Waals surface area contributed by atoms with Crippen LogP contribution in [0.15, 0.2) is 59.6 Å². The number of benzene rings is 2. The van der Waals surface area contributed by atoms with Crippen molar-refractivity contribution >= 4 is 44.1 Å². The first-order valence-corrected chi connectivity index (χ1v) is 9.49. The SMILES string of the molecule is CN(C)S(=O)(=O)c1ccc(Cl)c(NC(=O)c2ccc3cccnc3c2)c1. The molecule has 0 spiro atoms. The van der Waals surface area contributed by atoms with Gasteiger partial charge < -0.3 is 5.32 Å². The summed E-state index contributed by atoms with van der Waals surface area (Å²) in [5.74, 6) is -0.404. The number of hydrogen-bond acceptors (Lipinski definition) is 4. The highest BCUT2D eigenvalue weighted by molar-refractivity contribution is 7.89. The molecule has 134 valence electrons. The maximum absolute atomic E-state index is 12.5. The summed E-state index contributed by atoms with van der Waals surface area (Å²) in [6.45, 7) is 0. The van der Waals surface area contributed by atoms with Gasteiger partial charge in [0.25, 0.3) is 5.91 Å². The zero-order valence-corrected chi connectivity index (χ0v) is 15.7. The van der Waals surface area contributed by atoms with Crippen LogP contribution >= 0.6 is 11.6 Å². The minimum absolute atomic E-state index is 0.0439. The van der Waals surface area contributed by atoms with Gasteiger partial charge in [-0.1, -0.05) is 23.7 Å². The van der Waals surface area contributed by atoms with Crippen LogP contribution in [0.2, 0.25) is 5.02 Å². The number of fused-ring (bicyclic) bond motifs is 1. The van der Waals surface area contributed by atoms with Crippen molar-refractivity contribution in [2.24, 2.45) is 0 Å². The zero-order valence-electron chi connectivity index (χ0n) is 14.1. The van der Waals surface area contributed by atoms with E-state index < -0.39 is 15.9 Å². The van der Waals surface area contributed by atoms with Gasteiger partial charge in [-0.25, -0.2) is 12.7 Å². The summed E-state index contributed by atoms with van der Waals surface area (Å²) in [5, 5.41) is 3.82. The fraction of sp³-hybridized carbons (Fsp3) is 0.111. The number of pyridine rings is 1. The molecule has 0 saturated carbocycles. The molecule has 0 aliphatic carbocycles. The third kappa shape index (κ3) is 3.55. The van der Waals surface area contributed by atoms with Gasteiger partial charge in [0.2, 0.25) is 10.0 Å². The number of aromatic nitrogens is 1. The Bertz CT molecular complexity index is 1100. The number of nitrogens with zero attached hydrogens (tertiary/aromatic N) is 2. The lowest BCUT2D eigenvalue weighted by atomic mass is 10.1. The largest absolute Gasteiger partial charge is 0.321 e. The number of amides is 1.